The van der Waals surface area contributed by atoms with Gasteiger partial charge < -0.3 is 5.32 Å². The van der Waals surface area contributed by atoms with Crippen LogP contribution < -0.4 is 5.32 Å². The van der Waals surface area contributed by atoms with Crippen LogP contribution in [-0.4, -0.2) is 6.54 Å². The van der Waals surface area contributed by atoms with Gasteiger partial charge in [0.15, 0.2) is 0 Å². The molecule has 0 fully saturated rings. The van der Waals surface area contributed by atoms with E-state index < -0.39 is 0 Å². The third kappa shape index (κ3) is 3.18. The Bertz CT molecular complexity index is 497. The van der Waals surface area contributed by atoms with Crippen LogP contribution in [0, 0.1) is 0 Å². The monoisotopic (exact) mass is 287 g/mol. The van der Waals surface area contributed by atoms with Crippen molar-refractivity contribution in [1.29, 1.82) is 0 Å². The molecule has 1 heteroatoms. The van der Waals surface area contributed by atoms with Crippen molar-refractivity contribution >= 4 is 0 Å². The van der Waals surface area contributed by atoms with Gasteiger partial charge in [0.05, 0.1) is 0 Å². The summed E-state index contributed by atoms with van der Waals surface area (Å²) in [7, 11) is 0. The van der Waals surface area contributed by atoms with Gasteiger partial charge in [-0.2, -0.15) is 0 Å². The first-order valence-electron chi connectivity index (χ1n) is 8.69. The maximum Gasteiger partial charge on any atom is 0.0331 e. The number of nitrogens with one attached hydrogen (secondary N) is 1. The second-order valence-electron chi connectivity index (χ2n) is 7.98. The number of fused-ring (bicyclic) bond motifs is 1. The number of hydrogen-bond acceptors (Lipinski definition) is 1. The molecule has 1 aromatic rings. The predicted octanol–water partition coefficient (Wildman–Crippen LogP) is 5.66. The van der Waals surface area contributed by atoms with Crippen LogP contribution in [0.2, 0.25) is 0 Å². The van der Waals surface area contributed by atoms with Gasteiger partial charge in [-0.1, -0.05) is 60.6 Å². The smallest absolute Gasteiger partial charge is 0.0331 e. The fraction of sp³-hybridized carbons (Fsp3) is 0.700. The summed E-state index contributed by atoms with van der Waals surface area (Å²) in [6.07, 6.45) is 2.43. The van der Waals surface area contributed by atoms with Gasteiger partial charge in [-0.3, -0.25) is 0 Å². The van der Waals surface area contributed by atoms with Crippen LogP contribution >= 0.6 is 0 Å². The van der Waals surface area contributed by atoms with Crippen molar-refractivity contribution in [3.8, 4) is 0 Å². The zero-order valence-corrected chi connectivity index (χ0v) is 15.0. The van der Waals surface area contributed by atoms with Crippen LogP contribution in [0.1, 0.15) is 101 Å². The Morgan fingerprint density at radius 2 is 1.81 bits per heavy atom. The molecule has 0 amide bonds. The van der Waals surface area contributed by atoms with E-state index in [9.17, 15) is 0 Å². The van der Waals surface area contributed by atoms with Gasteiger partial charge in [0.1, 0.15) is 0 Å². The minimum absolute atomic E-state index is 0.288. The molecule has 0 spiro atoms. The predicted molar refractivity (Wildman–Crippen MR) is 93.3 cm³/mol. The maximum absolute atomic E-state index is 3.78. The van der Waals surface area contributed by atoms with E-state index in [1.165, 1.54) is 18.4 Å². The van der Waals surface area contributed by atoms with E-state index in [-0.39, 0.29) is 5.41 Å². The Morgan fingerprint density at radius 3 is 2.33 bits per heavy atom. The van der Waals surface area contributed by atoms with Gasteiger partial charge in [0, 0.05) is 6.04 Å². The summed E-state index contributed by atoms with van der Waals surface area (Å²) >= 11 is 0. The van der Waals surface area contributed by atoms with Crippen LogP contribution in [0.15, 0.2) is 12.1 Å². The molecule has 1 N–H and O–H groups in total. The third-order valence-corrected chi connectivity index (χ3v) is 4.92. The lowest BCUT2D eigenvalue weighted by molar-refractivity contribution is 0.425. The van der Waals surface area contributed by atoms with Gasteiger partial charge in [-0.15, -0.1) is 0 Å². The summed E-state index contributed by atoms with van der Waals surface area (Å²) < 4.78 is 0. The minimum Gasteiger partial charge on any atom is -0.310 e. The number of hydrogen-bond donors (Lipinski definition) is 1. The third-order valence-electron chi connectivity index (χ3n) is 4.92. The van der Waals surface area contributed by atoms with E-state index >= 15 is 0 Å². The summed E-state index contributed by atoms with van der Waals surface area (Å²) in [6, 6.07) is 5.48. The summed E-state index contributed by atoms with van der Waals surface area (Å²) in [5.41, 5.74) is 6.55. The molecule has 0 saturated heterocycles. The second kappa shape index (κ2) is 6.12. The lowest BCUT2D eigenvalue weighted by Crippen LogP contribution is -2.22. The lowest BCUT2D eigenvalue weighted by Gasteiger charge is -2.25. The SMILES string of the molecule is CCCNC1CC(C)(C)c2c(C(C)C)cc(C(C)C)cc21. The first-order valence-corrected chi connectivity index (χ1v) is 8.69. The van der Waals surface area contributed by atoms with Gasteiger partial charge in [0.25, 0.3) is 0 Å². The highest BCUT2D eigenvalue weighted by molar-refractivity contribution is 5.50. The van der Waals surface area contributed by atoms with Gasteiger partial charge >= 0.3 is 0 Å². The van der Waals surface area contributed by atoms with E-state index in [2.05, 4.69) is 65.9 Å². The van der Waals surface area contributed by atoms with E-state index in [1.54, 1.807) is 16.7 Å². The zero-order chi connectivity index (χ0) is 15.8. The van der Waals surface area contributed by atoms with Crippen molar-refractivity contribution in [1.82, 2.24) is 5.32 Å². The quantitative estimate of drug-likeness (QED) is 0.737. The van der Waals surface area contributed by atoms with E-state index in [0.29, 0.717) is 17.9 Å². The van der Waals surface area contributed by atoms with E-state index in [0.717, 1.165) is 6.54 Å². The highest BCUT2D eigenvalue weighted by Gasteiger charge is 2.39. The standard InChI is InChI=1S/C20H33N/c1-8-9-21-18-12-20(6,7)19-16(14(4)5)10-15(13(2)3)11-17(18)19/h10-11,13-14,18,21H,8-9,12H2,1-7H3. The van der Waals surface area contributed by atoms with Crippen LogP contribution in [0.25, 0.3) is 0 Å². The average molecular weight is 287 g/mol. The summed E-state index contributed by atoms with van der Waals surface area (Å²) in [6.45, 7) is 17.5. The van der Waals surface area contributed by atoms with Crippen molar-refractivity contribution in [3.05, 3.63) is 34.4 Å². The average Bonchev–Trinajstić information content (AvgIpc) is 2.66. The van der Waals surface area contributed by atoms with Crippen LogP contribution in [-0.2, 0) is 5.41 Å². The highest BCUT2D eigenvalue weighted by Crippen LogP contribution is 2.48. The Kier molecular flexibility index (Phi) is 4.82. The molecule has 21 heavy (non-hydrogen) atoms. The van der Waals surface area contributed by atoms with Crippen molar-refractivity contribution in [2.24, 2.45) is 0 Å². The lowest BCUT2D eigenvalue weighted by atomic mass is 9.79. The van der Waals surface area contributed by atoms with E-state index in [1.807, 2.05) is 0 Å². The Balaban J connectivity index is 2.56. The molecule has 1 unspecified atom stereocenters. The van der Waals surface area contributed by atoms with Crippen molar-refractivity contribution in [2.75, 3.05) is 6.54 Å². The molecular formula is C20H33N. The van der Waals surface area contributed by atoms with Crippen molar-refractivity contribution in [3.63, 3.8) is 0 Å². The van der Waals surface area contributed by atoms with Gasteiger partial charge in [-0.25, -0.2) is 0 Å². The zero-order valence-electron chi connectivity index (χ0n) is 15.0. The molecule has 1 aliphatic rings. The highest BCUT2D eigenvalue weighted by atomic mass is 14.9. The molecule has 0 aliphatic heterocycles. The summed E-state index contributed by atoms with van der Waals surface area (Å²) in [5.74, 6) is 1.20. The van der Waals surface area contributed by atoms with Gasteiger partial charge in [-0.05, 0) is 58.9 Å². The molecule has 0 radical (unpaired) electrons. The van der Waals surface area contributed by atoms with Crippen LogP contribution in [0.4, 0.5) is 0 Å². The molecule has 0 saturated carbocycles. The normalized spacial score (nSPS) is 20.3. The second-order valence-corrected chi connectivity index (χ2v) is 7.98. The molecule has 0 heterocycles. The molecule has 1 aromatic carbocycles. The first-order chi connectivity index (χ1) is 9.77. The van der Waals surface area contributed by atoms with Gasteiger partial charge in [0.2, 0.25) is 0 Å². The topological polar surface area (TPSA) is 12.0 Å². The Morgan fingerprint density at radius 1 is 1.14 bits per heavy atom. The van der Waals surface area contributed by atoms with Crippen LogP contribution in [0.3, 0.4) is 0 Å². The fourth-order valence-electron chi connectivity index (χ4n) is 3.78. The number of rotatable bonds is 5. The molecule has 1 nitrogen and oxygen atoms in total. The molecule has 0 aromatic heterocycles. The molecule has 2 rings (SSSR count). The molecule has 0 bridgehead atoms. The van der Waals surface area contributed by atoms with E-state index in [4.69, 9.17) is 0 Å². The number of benzene rings is 1. The summed E-state index contributed by atoms with van der Waals surface area (Å²) in [5, 5.41) is 3.78. The first kappa shape index (κ1) is 16.5. The molecule has 1 aliphatic carbocycles. The molecular weight excluding hydrogens is 254 g/mol. The summed E-state index contributed by atoms with van der Waals surface area (Å²) in [4.78, 5) is 0. The molecule has 1 atom stereocenters. The Hall–Kier alpha value is -0.820. The maximum atomic E-state index is 3.78. The minimum atomic E-state index is 0.288. The largest absolute Gasteiger partial charge is 0.310 e. The van der Waals surface area contributed by atoms with Crippen molar-refractivity contribution in [2.45, 2.75) is 84.6 Å². The van der Waals surface area contributed by atoms with Crippen LogP contribution in [0.5, 0.6) is 0 Å². The fourth-order valence-corrected chi connectivity index (χ4v) is 3.78. The Labute approximate surface area is 131 Å². The molecule has 118 valence electrons. The van der Waals surface area contributed by atoms with Crippen molar-refractivity contribution < 1.29 is 0 Å².